The Labute approximate surface area is 118 Å². The van der Waals surface area contributed by atoms with Crippen LogP contribution in [0.2, 0.25) is 0 Å². The van der Waals surface area contributed by atoms with Gasteiger partial charge in [0.15, 0.2) is 0 Å². The lowest BCUT2D eigenvalue weighted by molar-refractivity contribution is -0.137. The molecule has 0 aliphatic heterocycles. The van der Waals surface area contributed by atoms with E-state index in [1.807, 2.05) is 17.5 Å². The minimum absolute atomic E-state index is 0.202. The van der Waals surface area contributed by atoms with Crippen molar-refractivity contribution in [2.24, 2.45) is 0 Å². The molecule has 2 aromatic heterocycles. The van der Waals surface area contributed by atoms with Crippen LogP contribution in [0.4, 0.5) is 0 Å². The summed E-state index contributed by atoms with van der Waals surface area (Å²) in [5.74, 6) is -1.24. The average Bonchev–Trinajstić information content (AvgIpc) is 3.04. The monoisotopic (exact) mass is 292 g/mol. The number of carbonyl (C=O) groups excluding carboxylic acids is 1. The minimum atomic E-state index is -0.996. The number of hydrogen-bond acceptors (Lipinski definition) is 5. The van der Waals surface area contributed by atoms with Gasteiger partial charge in [-0.2, -0.15) is 0 Å². The third-order valence-electron chi connectivity index (χ3n) is 2.27. The maximum atomic E-state index is 11.6. The Morgan fingerprint density at radius 2 is 2.35 bits per heavy atom. The molecule has 104 valence electrons. The van der Waals surface area contributed by atoms with E-state index in [0.29, 0.717) is 5.69 Å². The SMILES string of the molecule is O=C(O)Cn1cc(CNC(=O)/C=C/c2cccs2)nn1. The van der Waals surface area contributed by atoms with Gasteiger partial charge in [-0.3, -0.25) is 9.59 Å². The quantitative estimate of drug-likeness (QED) is 0.766. The van der Waals surface area contributed by atoms with E-state index < -0.39 is 5.97 Å². The molecule has 0 aliphatic rings. The summed E-state index contributed by atoms with van der Waals surface area (Å²) in [7, 11) is 0. The van der Waals surface area contributed by atoms with E-state index in [1.54, 1.807) is 17.4 Å². The highest BCUT2D eigenvalue weighted by molar-refractivity contribution is 7.10. The molecule has 2 N–H and O–H groups in total. The Balaban J connectivity index is 1.81. The molecule has 0 atom stereocenters. The Bertz CT molecular complexity index is 618. The van der Waals surface area contributed by atoms with Crippen molar-refractivity contribution < 1.29 is 14.7 Å². The number of aromatic nitrogens is 3. The number of nitrogens with one attached hydrogen (secondary N) is 1. The highest BCUT2D eigenvalue weighted by Crippen LogP contribution is 2.09. The summed E-state index contributed by atoms with van der Waals surface area (Å²) in [4.78, 5) is 23.0. The predicted molar refractivity (Wildman–Crippen MR) is 72.9 cm³/mol. The van der Waals surface area contributed by atoms with Gasteiger partial charge in [0, 0.05) is 11.0 Å². The molecule has 20 heavy (non-hydrogen) atoms. The van der Waals surface area contributed by atoms with Gasteiger partial charge in [-0.15, -0.1) is 16.4 Å². The zero-order chi connectivity index (χ0) is 14.4. The van der Waals surface area contributed by atoms with Crippen molar-refractivity contribution in [3.8, 4) is 0 Å². The maximum absolute atomic E-state index is 11.6. The fourth-order valence-electron chi connectivity index (χ4n) is 1.42. The number of amides is 1. The predicted octanol–water partition coefficient (Wildman–Crippen LogP) is 0.754. The lowest BCUT2D eigenvalue weighted by Gasteiger charge is -1.97. The summed E-state index contributed by atoms with van der Waals surface area (Å²) in [6.07, 6.45) is 4.65. The first-order chi connectivity index (χ1) is 9.63. The van der Waals surface area contributed by atoms with E-state index in [1.165, 1.54) is 17.0 Å². The van der Waals surface area contributed by atoms with E-state index in [-0.39, 0.29) is 19.0 Å². The summed E-state index contributed by atoms with van der Waals surface area (Å²) in [6.45, 7) is -0.0491. The van der Waals surface area contributed by atoms with Crippen molar-refractivity contribution in [3.05, 3.63) is 40.4 Å². The number of carboxylic acids is 1. The van der Waals surface area contributed by atoms with Crippen molar-refractivity contribution >= 4 is 29.3 Å². The summed E-state index contributed by atoms with van der Waals surface area (Å²) >= 11 is 1.54. The molecular formula is C12H12N4O3S. The fourth-order valence-corrected chi connectivity index (χ4v) is 2.03. The molecule has 0 bridgehead atoms. The molecule has 2 aromatic rings. The van der Waals surface area contributed by atoms with E-state index in [9.17, 15) is 9.59 Å². The lowest BCUT2D eigenvalue weighted by Crippen LogP contribution is -2.20. The Morgan fingerprint density at radius 3 is 3.05 bits per heavy atom. The van der Waals surface area contributed by atoms with Crippen LogP contribution in [0.3, 0.4) is 0 Å². The summed E-state index contributed by atoms with van der Waals surface area (Å²) in [5, 5.41) is 20.6. The molecule has 1 amide bonds. The van der Waals surface area contributed by atoms with Crippen molar-refractivity contribution in [1.29, 1.82) is 0 Å². The molecule has 0 saturated carbocycles. The molecule has 0 saturated heterocycles. The number of rotatable bonds is 6. The Morgan fingerprint density at radius 1 is 1.50 bits per heavy atom. The molecule has 0 unspecified atom stereocenters. The standard InChI is InChI=1S/C12H12N4O3S/c17-11(4-3-10-2-1-5-20-10)13-6-9-7-16(15-14-9)8-12(18)19/h1-5,7H,6,8H2,(H,13,17)(H,18,19)/b4-3+. The van der Waals surface area contributed by atoms with Crippen molar-refractivity contribution in [2.45, 2.75) is 13.1 Å². The third kappa shape index (κ3) is 4.32. The maximum Gasteiger partial charge on any atom is 0.325 e. The van der Waals surface area contributed by atoms with Crippen LogP contribution in [-0.4, -0.2) is 32.0 Å². The summed E-state index contributed by atoms with van der Waals surface area (Å²) in [5.41, 5.74) is 0.504. The number of aliphatic carboxylic acids is 1. The topological polar surface area (TPSA) is 97.1 Å². The highest BCUT2D eigenvalue weighted by Gasteiger charge is 2.05. The highest BCUT2D eigenvalue weighted by atomic mass is 32.1. The van der Waals surface area contributed by atoms with Gasteiger partial charge in [-0.25, -0.2) is 4.68 Å². The van der Waals surface area contributed by atoms with Crippen molar-refractivity contribution in [3.63, 3.8) is 0 Å². The number of nitrogens with zero attached hydrogens (tertiary/aromatic N) is 3. The molecule has 2 heterocycles. The van der Waals surface area contributed by atoms with Crippen LogP contribution in [0.5, 0.6) is 0 Å². The normalized spacial score (nSPS) is 10.8. The van der Waals surface area contributed by atoms with Crippen LogP contribution in [0.15, 0.2) is 29.8 Å². The first kappa shape index (κ1) is 13.9. The van der Waals surface area contributed by atoms with Crippen LogP contribution in [0, 0.1) is 0 Å². The smallest absolute Gasteiger partial charge is 0.325 e. The first-order valence-electron chi connectivity index (χ1n) is 5.74. The van der Waals surface area contributed by atoms with Gasteiger partial charge >= 0.3 is 5.97 Å². The summed E-state index contributed by atoms with van der Waals surface area (Å²) < 4.78 is 1.20. The third-order valence-corrected chi connectivity index (χ3v) is 3.11. The fraction of sp³-hybridized carbons (Fsp3) is 0.167. The number of hydrogen-bond donors (Lipinski definition) is 2. The first-order valence-corrected chi connectivity index (χ1v) is 6.61. The van der Waals surface area contributed by atoms with Gasteiger partial charge in [-0.1, -0.05) is 11.3 Å². The van der Waals surface area contributed by atoms with Crippen LogP contribution < -0.4 is 5.32 Å². The summed E-state index contributed by atoms with van der Waals surface area (Å²) in [6, 6.07) is 3.81. The number of carbonyl (C=O) groups is 2. The van der Waals surface area contributed by atoms with Crippen molar-refractivity contribution in [2.75, 3.05) is 0 Å². The van der Waals surface area contributed by atoms with E-state index in [0.717, 1.165) is 4.88 Å². The minimum Gasteiger partial charge on any atom is -0.480 e. The molecule has 2 rings (SSSR count). The molecular weight excluding hydrogens is 280 g/mol. The molecule has 0 aromatic carbocycles. The van der Waals surface area contributed by atoms with Crippen molar-refractivity contribution in [1.82, 2.24) is 20.3 Å². The second-order valence-corrected chi connectivity index (χ2v) is 4.85. The van der Waals surface area contributed by atoms with Crippen LogP contribution >= 0.6 is 11.3 Å². The van der Waals surface area contributed by atoms with Gasteiger partial charge in [-0.05, 0) is 17.5 Å². The van der Waals surface area contributed by atoms with E-state index >= 15 is 0 Å². The van der Waals surface area contributed by atoms with E-state index in [2.05, 4.69) is 15.6 Å². The largest absolute Gasteiger partial charge is 0.480 e. The molecule has 8 heteroatoms. The van der Waals surface area contributed by atoms with Gasteiger partial charge in [0.25, 0.3) is 0 Å². The van der Waals surface area contributed by atoms with Gasteiger partial charge in [0.05, 0.1) is 12.7 Å². The lowest BCUT2D eigenvalue weighted by atomic mass is 10.4. The Hall–Kier alpha value is -2.48. The molecule has 0 aliphatic carbocycles. The van der Waals surface area contributed by atoms with Gasteiger partial charge < -0.3 is 10.4 Å². The van der Waals surface area contributed by atoms with E-state index in [4.69, 9.17) is 5.11 Å². The number of carboxylic acid groups (broad SMARTS) is 1. The number of thiophene rings is 1. The average molecular weight is 292 g/mol. The second-order valence-electron chi connectivity index (χ2n) is 3.87. The van der Waals surface area contributed by atoms with Gasteiger partial charge in [0.2, 0.25) is 5.91 Å². The zero-order valence-corrected chi connectivity index (χ0v) is 11.2. The molecule has 7 nitrogen and oxygen atoms in total. The van der Waals surface area contributed by atoms with Crippen LogP contribution in [0.1, 0.15) is 10.6 Å². The zero-order valence-electron chi connectivity index (χ0n) is 10.4. The van der Waals surface area contributed by atoms with Crippen LogP contribution in [0.25, 0.3) is 6.08 Å². The molecule has 0 spiro atoms. The molecule has 0 radical (unpaired) electrons. The molecule has 0 fully saturated rings. The Kier molecular flexibility index (Phi) is 4.61. The second kappa shape index (κ2) is 6.62. The van der Waals surface area contributed by atoms with Crippen LogP contribution in [-0.2, 0) is 22.7 Å². The van der Waals surface area contributed by atoms with Gasteiger partial charge in [0.1, 0.15) is 12.2 Å².